The van der Waals surface area contributed by atoms with Gasteiger partial charge in [-0.15, -0.1) is 0 Å². The molecule has 0 aliphatic heterocycles. The van der Waals surface area contributed by atoms with Crippen molar-refractivity contribution in [3.63, 3.8) is 0 Å². The first-order valence-corrected chi connectivity index (χ1v) is 5.44. The predicted octanol–water partition coefficient (Wildman–Crippen LogP) is 3.51. The summed E-state index contributed by atoms with van der Waals surface area (Å²) in [5.41, 5.74) is 3.13. The first kappa shape index (κ1) is 11.1. The SMILES string of the molecule is N#CN=C1C=CC=C(C=Cc2ccccc2)C1. The van der Waals surface area contributed by atoms with E-state index in [1.807, 2.05) is 42.6 Å². The number of hydrogen-bond donors (Lipinski definition) is 0. The molecule has 2 heteroatoms. The fourth-order valence-electron chi connectivity index (χ4n) is 1.63. The van der Waals surface area contributed by atoms with E-state index in [1.54, 1.807) is 0 Å². The molecule has 82 valence electrons. The van der Waals surface area contributed by atoms with E-state index < -0.39 is 0 Å². The number of rotatable bonds is 2. The van der Waals surface area contributed by atoms with Gasteiger partial charge >= 0.3 is 0 Å². The average molecular weight is 220 g/mol. The van der Waals surface area contributed by atoms with E-state index in [-0.39, 0.29) is 0 Å². The molecule has 1 aromatic carbocycles. The molecule has 0 aromatic heterocycles. The molecular formula is C15H12N2. The minimum absolute atomic E-state index is 0.716. The molecule has 0 spiro atoms. The zero-order valence-corrected chi connectivity index (χ0v) is 9.38. The largest absolute Gasteiger partial charge is 0.205 e. The van der Waals surface area contributed by atoms with E-state index in [0.717, 1.165) is 11.3 Å². The fraction of sp³-hybridized carbons (Fsp3) is 0.0667. The first-order valence-electron chi connectivity index (χ1n) is 5.44. The molecule has 0 fully saturated rings. The van der Waals surface area contributed by atoms with Crippen LogP contribution in [-0.2, 0) is 0 Å². The fourth-order valence-corrected chi connectivity index (χ4v) is 1.63. The molecule has 1 aliphatic rings. The van der Waals surface area contributed by atoms with Crippen molar-refractivity contribution in [2.75, 3.05) is 0 Å². The van der Waals surface area contributed by atoms with E-state index in [4.69, 9.17) is 5.26 Å². The minimum Gasteiger partial charge on any atom is -0.178 e. The van der Waals surface area contributed by atoms with Crippen molar-refractivity contribution in [3.8, 4) is 6.19 Å². The standard InChI is InChI=1S/C15H12N2/c16-12-17-15-8-4-7-14(11-15)10-9-13-5-2-1-3-6-13/h1-10H,11H2. The Morgan fingerprint density at radius 3 is 2.76 bits per heavy atom. The third-order valence-electron chi connectivity index (χ3n) is 2.47. The van der Waals surface area contributed by atoms with Crippen LogP contribution in [0.15, 0.2) is 65.2 Å². The number of allylic oxidation sites excluding steroid dienone is 5. The molecule has 0 radical (unpaired) electrons. The van der Waals surface area contributed by atoms with E-state index in [0.29, 0.717) is 6.42 Å². The van der Waals surface area contributed by atoms with Crippen molar-refractivity contribution >= 4 is 11.8 Å². The number of hydrogen-bond acceptors (Lipinski definition) is 2. The summed E-state index contributed by atoms with van der Waals surface area (Å²) in [6, 6.07) is 10.1. The van der Waals surface area contributed by atoms with Crippen LogP contribution < -0.4 is 0 Å². The van der Waals surface area contributed by atoms with E-state index in [9.17, 15) is 0 Å². The lowest BCUT2D eigenvalue weighted by Crippen LogP contribution is -1.98. The topological polar surface area (TPSA) is 36.1 Å². The number of aliphatic imine (C=N–C) groups is 1. The molecule has 0 atom stereocenters. The molecule has 0 N–H and O–H groups in total. The third-order valence-corrected chi connectivity index (χ3v) is 2.47. The molecule has 0 amide bonds. The van der Waals surface area contributed by atoms with Gasteiger partial charge in [0, 0.05) is 6.42 Å². The quantitative estimate of drug-likeness (QED) is 0.702. The zero-order valence-electron chi connectivity index (χ0n) is 9.38. The van der Waals surface area contributed by atoms with Crippen molar-refractivity contribution in [2.24, 2.45) is 4.99 Å². The lowest BCUT2D eigenvalue weighted by molar-refractivity contribution is 1.31. The van der Waals surface area contributed by atoms with Crippen LogP contribution in [0.1, 0.15) is 12.0 Å². The van der Waals surface area contributed by atoms with Gasteiger partial charge in [-0.3, -0.25) is 0 Å². The monoisotopic (exact) mass is 220 g/mol. The number of nitriles is 1. The molecule has 0 bridgehead atoms. The lowest BCUT2D eigenvalue weighted by atomic mass is 10.0. The Balaban J connectivity index is 2.09. The van der Waals surface area contributed by atoms with Crippen molar-refractivity contribution in [1.82, 2.24) is 0 Å². The van der Waals surface area contributed by atoms with Gasteiger partial charge in [0.2, 0.25) is 6.19 Å². The van der Waals surface area contributed by atoms with Crippen LogP contribution in [0.2, 0.25) is 0 Å². The normalized spacial score (nSPS) is 17.1. The second kappa shape index (κ2) is 5.62. The molecular weight excluding hydrogens is 208 g/mol. The van der Waals surface area contributed by atoms with Gasteiger partial charge in [0.1, 0.15) is 0 Å². The molecule has 0 unspecified atom stereocenters. The van der Waals surface area contributed by atoms with Gasteiger partial charge in [-0.25, -0.2) is 0 Å². The van der Waals surface area contributed by atoms with Crippen LogP contribution >= 0.6 is 0 Å². The molecule has 0 saturated carbocycles. The maximum Gasteiger partial charge on any atom is 0.205 e. The van der Waals surface area contributed by atoms with E-state index >= 15 is 0 Å². The van der Waals surface area contributed by atoms with Crippen LogP contribution in [0.4, 0.5) is 0 Å². The number of nitrogens with zero attached hydrogens (tertiary/aromatic N) is 2. The molecule has 2 rings (SSSR count). The van der Waals surface area contributed by atoms with Gasteiger partial charge in [-0.2, -0.15) is 10.3 Å². The van der Waals surface area contributed by atoms with Gasteiger partial charge in [0.05, 0.1) is 5.71 Å². The van der Waals surface area contributed by atoms with Crippen molar-refractivity contribution in [1.29, 1.82) is 5.26 Å². The molecule has 0 saturated heterocycles. The Bertz CT molecular complexity index is 540. The number of benzene rings is 1. The smallest absolute Gasteiger partial charge is 0.178 e. The Labute approximate surface area is 101 Å². The minimum atomic E-state index is 0.716. The van der Waals surface area contributed by atoms with Crippen LogP contribution in [0.3, 0.4) is 0 Å². The highest BCUT2D eigenvalue weighted by molar-refractivity contribution is 5.99. The highest BCUT2D eigenvalue weighted by Crippen LogP contribution is 2.13. The Hall–Kier alpha value is -2.40. The van der Waals surface area contributed by atoms with Crippen molar-refractivity contribution in [2.45, 2.75) is 6.42 Å². The zero-order chi connectivity index (χ0) is 11.9. The molecule has 1 aromatic rings. The lowest BCUT2D eigenvalue weighted by Gasteiger charge is -2.05. The summed E-state index contributed by atoms with van der Waals surface area (Å²) in [6.07, 6.45) is 12.5. The maximum atomic E-state index is 8.50. The first-order chi connectivity index (χ1) is 8.38. The van der Waals surface area contributed by atoms with Crippen LogP contribution in [0, 0.1) is 11.5 Å². The summed E-state index contributed by atoms with van der Waals surface area (Å²) in [5.74, 6) is 0. The predicted molar refractivity (Wildman–Crippen MR) is 70.4 cm³/mol. The van der Waals surface area contributed by atoms with Gasteiger partial charge < -0.3 is 0 Å². The Kier molecular flexibility index (Phi) is 3.67. The van der Waals surface area contributed by atoms with Crippen molar-refractivity contribution < 1.29 is 0 Å². The second-order valence-corrected chi connectivity index (χ2v) is 3.72. The highest BCUT2D eigenvalue weighted by atomic mass is 14.7. The Morgan fingerprint density at radius 2 is 2.00 bits per heavy atom. The summed E-state index contributed by atoms with van der Waals surface area (Å²) >= 11 is 0. The average Bonchev–Trinajstić information content (AvgIpc) is 2.39. The molecule has 2 nitrogen and oxygen atoms in total. The Morgan fingerprint density at radius 1 is 1.18 bits per heavy atom. The van der Waals surface area contributed by atoms with Gasteiger partial charge in [-0.1, -0.05) is 54.6 Å². The summed E-state index contributed by atoms with van der Waals surface area (Å²) in [6.45, 7) is 0. The highest BCUT2D eigenvalue weighted by Gasteiger charge is 2.02. The summed E-state index contributed by atoms with van der Waals surface area (Å²) in [5, 5.41) is 8.50. The van der Waals surface area contributed by atoms with Crippen LogP contribution in [0.5, 0.6) is 0 Å². The van der Waals surface area contributed by atoms with Crippen LogP contribution in [0.25, 0.3) is 6.08 Å². The molecule has 1 aliphatic carbocycles. The second-order valence-electron chi connectivity index (χ2n) is 3.72. The van der Waals surface area contributed by atoms with E-state index in [1.165, 1.54) is 5.56 Å². The summed E-state index contributed by atoms with van der Waals surface area (Å²) in [4.78, 5) is 3.75. The molecule has 0 heterocycles. The summed E-state index contributed by atoms with van der Waals surface area (Å²) < 4.78 is 0. The van der Waals surface area contributed by atoms with Gasteiger partial charge in [0.25, 0.3) is 0 Å². The van der Waals surface area contributed by atoms with Crippen LogP contribution in [-0.4, -0.2) is 5.71 Å². The molecule has 17 heavy (non-hydrogen) atoms. The van der Waals surface area contributed by atoms with Gasteiger partial charge in [-0.05, 0) is 17.2 Å². The van der Waals surface area contributed by atoms with Crippen molar-refractivity contribution in [3.05, 3.63) is 65.8 Å². The van der Waals surface area contributed by atoms with E-state index in [2.05, 4.69) is 29.3 Å². The summed E-state index contributed by atoms with van der Waals surface area (Å²) in [7, 11) is 0. The third kappa shape index (κ3) is 3.29. The maximum absolute atomic E-state index is 8.50. The van der Waals surface area contributed by atoms with Gasteiger partial charge in [0.15, 0.2) is 0 Å².